The van der Waals surface area contributed by atoms with Crippen molar-refractivity contribution in [3.8, 4) is 0 Å². The maximum absolute atomic E-state index is 13.0. The van der Waals surface area contributed by atoms with Crippen LogP contribution < -0.4 is 5.73 Å². The smallest absolute Gasteiger partial charge is 0.122 e. The number of rotatable bonds is 3. The van der Waals surface area contributed by atoms with Crippen LogP contribution in [0, 0.1) is 0 Å². The van der Waals surface area contributed by atoms with Crippen LogP contribution in [-0.2, 0) is 0 Å². The molecule has 1 rings (SSSR count). The molecule has 0 saturated carbocycles. The van der Waals surface area contributed by atoms with Gasteiger partial charge in [-0.1, -0.05) is 6.08 Å². The molecule has 0 amide bonds. The van der Waals surface area contributed by atoms with E-state index in [1.165, 1.54) is 0 Å². The number of nitrogens with two attached hydrogens (primary N) is 1. The highest BCUT2D eigenvalue weighted by molar-refractivity contribution is 5.28. The molecule has 0 aromatic heterocycles. The molecule has 0 spiro atoms. The minimum atomic E-state index is -0.339. The average molecular weight is 171 g/mol. The lowest BCUT2D eigenvalue weighted by Crippen LogP contribution is -2.25. The molecule has 0 saturated heterocycles. The molecular weight excluding hydrogens is 157 g/mol. The summed E-state index contributed by atoms with van der Waals surface area (Å²) in [5, 5.41) is 8.66. The summed E-state index contributed by atoms with van der Waals surface area (Å²) in [7, 11) is 0. The SMILES string of the molecule is NC(CO)CC1=CCCC=C1F. The molecule has 0 aromatic carbocycles. The largest absolute Gasteiger partial charge is 0.395 e. The van der Waals surface area contributed by atoms with Gasteiger partial charge in [0.25, 0.3) is 0 Å². The number of halogens is 1. The molecule has 0 aliphatic heterocycles. The first kappa shape index (κ1) is 9.42. The molecule has 1 aliphatic rings. The van der Waals surface area contributed by atoms with E-state index in [9.17, 15) is 4.39 Å². The Bertz CT molecular complexity index is 211. The lowest BCUT2D eigenvalue weighted by atomic mass is 10.00. The van der Waals surface area contributed by atoms with E-state index < -0.39 is 0 Å². The van der Waals surface area contributed by atoms with Crippen LogP contribution in [0.2, 0.25) is 0 Å². The third-order valence-corrected chi connectivity index (χ3v) is 1.90. The third-order valence-electron chi connectivity index (χ3n) is 1.90. The molecule has 3 N–H and O–H groups in total. The normalized spacial score (nSPS) is 19.9. The van der Waals surface area contributed by atoms with Gasteiger partial charge in [-0.15, -0.1) is 0 Å². The van der Waals surface area contributed by atoms with Crippen LogP contribution in [-0.4, -0.2) is 17.8 Å². The molecule has 1 atom stereocenters. The minimum absolute atomic E-state index is 0.0926. The van der Waals surface area contributed by atoms with Gasteiger partial charge in [-0.05, 0) is 30.9 Å². The van der Waals surface area contributed by atoms with Crippen LogP contribution in [0.1, 0.15) is 19.3 Å². The predicted molar refractivity (Wildman–Crippen MR) is 46.2 cm³/mol. The van der Waals surface area contributed by atoms with Gasteiger partial charge in [0.05, 0.1) is 6.61 Å². The molecule has 1 aliphatic carbocycles. The summed E-state index contributed by atoms with van der Waals surface area (Å²) in [6.07, 6.45) is 5.49. The van der Waals surface area contributed by atoms with Gasteiger partial charge in [0.2, 0.25) is 0 Å². The molecule has 68 valence electrons. The van der Waals surface area contributed by atoms with Gasteiger partial charge in [0.1, 0.15) is 5.83 Å². The van der Waals surface area contributed by atoms with Crippen molar-refractivity contribution in [3.63, 3.8) is 0 Å². The number of hydrogen-bond donors (Lipinski definition) is 2. The number of hydrogen-bond acceptors (Lipinski definition) is 2. The number of allylic oxidation sites excluding steroid dienone is 3. The molecule has 0 radical (unpaired) electrons. The van der Waals surface area contributed by atoms with Crippen LogP contribution in [0.15, 0.2) is 23.6 Å². The van der Waals surface area contributed by atoms with Gasteiger partial charge in [-0.25, -0.2) is 4.39 Å². The van der Waals surface area contributed by atoms with Crippen molar-refractivity contribution in [2.45, 2.75) is 25.3 Å². The van der Waals surface area contributed by atoms with Gasteiger partial charge in [0, 0.05) is 6.04 Å². The molecular formula is C9H14FNO. The van der Waals surface area contributed by atoms with Crippen LogP contribution in [0.25, 0.3) is 0 Å². The van der Waals surface area contributed by atoms with Gasteiger partial charge in [-0.2, -0.15) is 0 Å². The zero-order valence-electron chi connectivity index (χ0n) is 6.96. The van der Waals surface area contributed by atoms with Crippen molar-refractivity contribution in [2.75, 3.05) is 6.61 Å². The minimum Gasteiger partial charge on any atom is -0.395 e. The summed E-state index contributed by atoms with van der Waals surface area (Å²) in [5.74, 6) is -0.176. The van der Waals surface area contributed by atoms with Crippen LogP contribution >= 0.6 is 0 Å². The highest BCUT2D eigenvalue weighted by Crippen LogP contribution is 2.23. The van der Waals surface area contributed by atoms with Gasteiger partial charge < -0.3 is 10.8 Å². The second-order valence-corrected chi connectivity index (χ2v) is 3.01. The molecule has 0 fully saturated rings. The van der Waals surface area contributed by atoms with Crippen molar-refractivity contribution in [1.29, 1.82) is 0 Å². The van der Waals surface area contributed by atoms with E-state index in [4.69, 9.17) is 10.8 Å². The lowest BCUT2D eigenvalue weighted by molar-refractivity contribution is 0.264. The van der Waals surface area contributed by atoms with E-state index in [2.05, 4.69) is 0 Å². The fraction of sp³-hybridized carbons (Fsp3) is 0.556. The van der Waals surface area contributed by atoms with Crippen molar-refractivity contribution >= 4 is 0 Å². The van der Waals surface area contributed by atoms with Gasteiger partial charge in [0.15, 0.2) is 0 Å². The molecule has 0 bridgehead atoms. The zero-order valence-corrected chi connectivity index (χ0v) is 6.96. The van der Waals surface area contributed by atoms with E-state index in [0.717, 1.165) is 12.8 Å². The first-order valence-corrected chi connectivity index (χ1v) is 4.15. The Balaban J connectivity index is 2.51. The molecule has 0 aromatic rings. The molecule has 0 heterocycles. The summed E-state index contributed by atoms with van der Waals surface area (Å²) < 4.78 is 13.0. The summed E-state index contributed by atoms with van der Waals surface area (Å²) in [4.78, 5) is 0. The number of aliphatic hydroxyl groups is 1. The maximum atomic E-state index is 13.0. The van der Waals surface area contributed by atoms with Crippen molar-refractivity contribution in [3.05, 3.63) is 23.6 Å². The van der Waals surface area contributed by atoms with E-state index in [0.29, 0.717) is 12.0 Å². The van der Waals surface area contributed by atoms with E-state index in [-0.39, 0.29) is 18.5 Å². The van der Waals surface area contributed by atoms with Gasteiger partial charge >= 0.3 is 0 Å². The maximum Gasteiger partial charge on any atom is 0.122 e. The molecule has 1 unspecified atom stereocenters. The zero-order chi connectivity index (χ0) is 8.97. The fourth-order valence-corrected chi connectivity index (χ4v) is 1.22. The van der Waals surface area contributed by atoms with E-state index >= 15 is 0 Å². The average Bonchev–Trinajstić information content (AvgIpc) is 2.09. The highest BCUT2D eigenvalue weighted by atomic mass is 19.1. The Morgan fingerprint density at radius 1 is 1.50 bits per heavy atom. The summed E-state index contributed by atoms with van der Waals surface area (Å²) in [5.41, 5.74) is 6.12. The van der Waals surface area contributed by atoms with Crippen LogP contribution in [0.5, 0.6) is 0 Å². The molecule has 12 heavy (non-hydrogen) atoms. The van der Waals surface area contributed by atoms with Crippen molar-refractivity contribution in [2.24, 2.45) is 5.73 Å². The number of aliphatic hydroxyl groups excluding tert-OH is 1. The second kappa shape index (κ2) is 4.38. The van der Waals surface area contributed by atoms with E-state index in [1.54, 1.807) is 6.08 Å². The Hall–Kier alpha value is -0.670. The molecule has 3 heteroatoms. The highest BCUT2D eigenvalue weighted by Gasteiger charge is 2.11. The lowest BCUT2D eigenvalue weighted by Gasteiger charge is -2.13. The van der Waals surface area contributed by atoms with Crippen LogP contribution in [0.3, 0.4) is 0 Å². The summed E-state index contributed by atoms with van der Waals surface area (Å²) in [6, 6.07) is -0.339. The Morgan fingerprint density at radius 2 is 2.17 bits per heavy atom. The first-order valence-electron chi connectivity index (χ1n) is 4.15. The monoisotopic (exact) mass is 171 g/mol. The Morgan fingerprint density at radius 3 is 2.75 bits per heavy atom. The van der Waals surface area contributed by atoms with E-state index in [1.807, 2.05) is 6.08 Å². The molecule has 2 nitrogen and oxygen atoms in total. The quantitative estimate of drug-likeness (QED) is 0.671. The van der Waals surface area contributed by atoms with Crippen molar-refractivity contribution < 1.29 is 9.50 Å². The third kappa shape index (κ3) is 2.43. The topological polar surface area (TPSA) is 46.2 Å². The fourth-order valence-electron chi connectivity index (χ4n) is 1.22. The van der Waals surface area contributed by atoms with Crippen molar-refractivity contribution in [1.82, 2.24) is 0 Å². The first-order chi connectivity index (χ1) is 5.74. The second-order valence-electron chi connectivity index (χ2n) is 3.01. The summed E-state index contributed by atoms with van der Waals surface area (Å²) in [6.45, 7) is -0.0926. The Labute approximate surface area is 71.6 Å². The van der Waals surface area contributed by atoms with Gasteiger partial charge in [-0.3, -0.25) is 0 Å². The standard InChI is InChI=1S/C9H14FNO/c10-9-4-2-1-3-7(9)5-8(11)6-12/h3-4,8,12H,1-2,5-6,11H2. The Kier molecular flexibility index (Phi) is 3.44. The van der Waals surface area contributed by atoms with Crippen LogP contribution in [0.4, 0.5) is 4.39 Å². The predicted octanol–water partition coefficient (Wildman–Crippen LogP) is 1.27. The summed E-state index contributed by atoms with van der Waals surface area (Å²) >= 11 is 0.